The molecule has 0 unspecified atom stereocenters. The number of hydrogen-bond donors (Lipinski definition) is 4. The second-order valence-electron chi connectivity index (χ2n) is 12.1. The molecule has 4 amide bonds. The molecule has 0 spiro atoms. The summed E-state index contributed by atoms with van der Waals surface area (Å²) in [6, 6.07) is 19.2. The number of thioether (sulfide) groups is 1. The molecule has 4 rings (SSSR count). The van der Waals surface area contributed by atoms with E-state index in [1.807, 2.05) is 87.5 Å². The third-order valence-electron chi connectivity index (χ3n) is 7.31. The summed E-state index contributed by atoms with van der Waals surface area (Å²) in [5, 5.41) is 21.4. The van der Waals surface area contributed by atoms with Crippen LogP contribution in [0.25, 0.3) is 10.8 Å². The van der Waals surface area contributed by atoms with Crippen LogP contribution < -0.4 is 20.7 Å². The molecule has 4 N–H and O–H groups in total. The number of carbonyl (C=O) groups excluding carboxylic acids is 4. The number of carbonyl (C=O) groups is 4. The lowest BCUT2D eigenvalue weighted by Crippen LogP contribution is -2.59. The van der Waals surface area contributed by atoms with E-state index >= 15 is 0 Å². The number of fused-ring (bicyclic) bond motifs is 1. The van der Waals surface area contributed by atoms with Gasteiger partial charge in [0.05, 0.1) is 11.9 Å². The summed E-state index contributed by atoms with van der Waals surface area (Å²) < 4.78 is 5.77. The molecule has 1 heterocycles. The lowest BCUT2D eigenvalue weighted by atomic mass is 9.99. The van der Waals surface area contributed by atoms with E-state index in [9.17, 15) is 24.3 Å². The summed E-state index contributed by atoms with van der Waals surface area (Å²) in [6.45, 7) is 5.18. The zero-order chi connectivity index (χ0) is 33.3. The van der Waals surface area contributed by atoms with E-state index in [4.69, 9.17) is 11.2 Å². The summed E-state index contributed by atoms with van der Waals surface area (Å²) in [5.41, 5.74) is 0.260. The van der Waals surface area contributed by atoms with Crippen molar-refractivity contribution in [3.63, 3.8) is 0 Å². The molecule has 1 saturated heterocycles. The third-order valence-corrected chi connectivity index (χ3v) is 8.32. The Morgan fingerprint density at radius 3 is 2.43 bits per heavy atom. The lowest BCUT2D eigenvalue weighted by Gasteiger charge is -2.32. The molecule has 242 valence electrons. The van der Waals surface area contributed by atoms with Gasteiger partial charge in [0.25, 0.3) is 11.8 Å². The minimum Gasteiger partial charge on any atom is -0.483 e. The van der Waals surface area contributed by atoms with Gasteiger partial charge in [-0.25, -0.2) is 0 Å². The van der Waals surface area contributed by atoms with Gasteiger partial charge in [-0.1, -0.05) is 66.7 Å². The Bertz CT molecular complexity index is 1580. The fraction of sp³-hybridized carbons (Fsp3) is 0.371. The number of nitrogens with one attached hydrogen (secondary N) is 3. The average molecular weight is 645 g/mol. The van der Waals surface area contributed by atoms with Crippen molar-refractivity contribution in [3.05, 3.63) is 78.4 Å². The largest absolute Gasteiger partial charge is 0.483 e. The van der Waals surface area contributed by atoms with Gasteiger partial charge < -0.3 is 30.7 Å². The molecule has 1 aliphatic rings. The predicted molar refractivity (Wildman–Crippen MR) is 179 cm³/mol. The van der Waals surface area contributed by atoms with Crippen LogP contribution in [-0.2, 0) is 25.6 Å². The van der Waals surface area contributed by atoms with E-state index in [1.54, 1.807) is 6.07 Å². The molecule has 3 aromatic rings. The molecular formula is C35H40N4O6S. The Labute approximate surface area is 273 Å². The van der Waals surface area contributed by atoms with Gasteiger partial charge in [0.1, 0.15) is 17.8 Å². The van der Waals surface area contributed by atoms with E-state index in [-0.39, 0.29) is 31.2 Å². The molecular weight excluding hydrogens is 604 g/mol. The number of aliphatic hydroxyl groups is 1. The summed E-state index contributed by atoms with van der Waals surface area (Å²) in [7, 11) is 0. The zero-order valence-corrected chi connectivity index (χ0v) is 27.0. The normalized spacial score (nSPS) is 16.5. The Morgan fingerprint density at radius 2 is 1.72 bits per heavy atom. The number of hydrogen-bond acceptors (Lipinski definition) is 7. The van der Waals surface area contributed by atoms with Crippen molar-refractivity contribution in [2.75, 3.05) is 18.2 Å². The molecule has 11 heteroatoms. The quantitative estimate of drug-likeness (QED) is 0.223. The second kappa shape index (κ2) is 15.7. The molecule has 0 aliphatic carbocycles. The molecule has 0 aromatic heterocycles. The third kappa shape index (κ3) is 9.25. The SMILES string of the molecule is C#CC[C@H](NC(=O)COc1cccc2ccccc12)C(=O)N[C@@H](Cc1ccccc1)[C@H](O)C(=O)N1CSC[C@H]1C(=O)NC(C)(C)C. The highest BCUT2D eigenvalue weighted by Crippen LogP contribution is 2.25. The molecule has 1 fully saturated rings. The van der Waals surface area contributed by atoms with Gasteiger partial charge in [-0.05, 0) is 44.2 Å². The van der Waals surface area contributed by atoms with Gasteiger partial charge in [0, 0.05) is 23.1 Å². The lowest BCUT2D eigenvalue weighted by molar-refractivity contribution is -0.147. The van der Waals surface area contributed by atoms with Gasteiger partial charge in [-0.15, -0.1) is 24.1 Å². The summed E-state index contributed by atoms with van der Waals surface area (Å²) in [5.74, 6) is 1.30. The summed E-state index contributed by atoms with van der Waals surface area (Å²) >= 11 is 1.41. The topological polar surface area (TPSA) is 137 Å². The number of benzene rings is 3. The first-order chi connectivity index (χ1) is 22.0. The van der Waals surface area contributed by atoms with Crippen LogP contribution >= 0.6 is 11.8 Å². The van der Waals surface area contributed by atoms with Gasteiger partial charge in [-0.3, -0.25) is 19.2 Å². The maximum absolute atomic E-state index is 13.6. The van der Waals surface area contributed by atoms with Crippen LogP contribution in [0.5, 0.6) is 5.75 Å². The smallest absolute Gasteiger partial charge is 0.258 e. The van der Waals surface area contributed by atoms with Crippen molar-refractivity contribution in [2.45, 2.75) is 63.4 Å². The van der Waals surface area contributed by atoms with Crippen molar-refractivity contribution in [2.24, 2.45) is 0 Å². The number of ether oxygens (including phenoxy) is 1. The van der Waals surface area contributed by atoms with Crippen LogP contribution in [0.4, 0.5) is 0 Å². The molecule has 10 nitrogen and oxygen atoms in total. The molecule has 4 atom stereocenters. The van der Waals surface area contributed by atoms with Gasteiger partial charge in [0.15, 0.2) is 12.7 Å². The minimum atomic E-state index is -1.68. The highest BCUT2D eigenvalue weighted by molar-refractivity contribution is 7.99. The summed E-state index contributed by atoms with van der Waals surface area (Å²) in [6.07, 6.45) is 3.84. The predicted octanol–water partition coefficient (Wildman–Crippen LogP) is 2.63. The first-order valence-corrected chi connectivity index (χ1v) is 16.2. The average Bonchev–Trinajstić information content (AvgIpc) is 3.53. The Hall–Kier alpha value is -4.53. The van der Waals surface area contributed by atoms with E-state index in [2.05, 4.69) is 21.9 Å². The summed E-state index contributed by atoms with van der Waals surface area (Å²) in [4.78, 5) is 54.4. The molecule has 0 radical (unpaired) electrons. The number of amides is 4. The number of rotatable bonds is 12. The Morgan fingerprint density at radius 1 is 1.02 bits per heavy atom. The van der Waals surface area contributed by atoms with Crippen LogP contribution in [0, 0.1) is 12.3 Å². The standard InChI is InChI=1S/C35H40N4O6S/c1-5-12-26(36-30(40)20-45-29-18-11-16-24-15-9-10-17-25(24)29)32(42)37-27(19-23-13-7-6-8-14-23)31(41)34(44)39-22-46-21-28(39)33(43)38-35(2,3)4/h1,6-11,13-18,26-28,31,41H,12,19-22H2,2-4H3,(H,36,40)(H,37,42)(H,38,43)/t26-,27-,28-,31-/m0/s1. The highest BCUT2D eigenvalue weighted by atomic mass is 32.2. The van der Waals surface area contributed by atoms with Crippen LogP contribution in [0.2, 0.25) is 0 Å². The zero-order valence-electron chi connectivity index (χ0n) is 26.2. The van der Waals surface area contributed by atoms with Crippen LogP contribution in [0.15, 0.2) is 72.8 Å². The maximum Gasteiger partial charge on any atom is 0.258 e. The van der Waals surface area contributed by atoms with E-state index in [0.717, 1.165) is 16.3 Å². The molecule has 0 bridgehead atoms. The molecule has 3 aromatic carbocycles. The maximum atomic E-state index is 13.6. The van der Waals surface area contributed by atoms with E-state index in [1.165, 1.54) is 16.7 Å². The highest BCUT2D eigenvalue weighted by Gasteiger charge is 2.41. The first kappa shape index (κ1) is 34.3. The number of aliphatic hydroxyl groups excluding tert-OH is 1. The van der Waals surface area contributed by atoms with Crippen molar-refractivity contribution in [3.8, 4) is 18.1 Å². The Kier molecular flexibility index (Phi) is 11.7. The molecule has 0 saturated carbocycles. The van der Waals surface area contributed by atoms with Crippen molar-refractivity contribution in [1.82, 2.24) is 20.9 Å². The first-order valence-electron chi connectivity index (χ1n) is 15.0. The van der Waals surface area contributed by atoms with Crippen molar-refractivity contribution < 1.29 is 29.0 Å². The van der Waals surface area contributed by atoms with Gasteiger partial charge in [0.2, 0.25) is 11.8 Å². The van der Waals surface area contributed by atoms with Crippen molar-refractivity contribution in [1.29, 1.82) is 0 Å². The van der Waals surface area contributed by atoms with Crippen LogP contribution in [0.1, 0.15) is 32.8 Å². The van der Waals surface area contributed by atoms with E-state index in [0.29, 0.717) is 11.5 Å². The van der Waals surface area contributed by atoms with Gasteiger partial charge in [-0.2, -0.15) is 0 Å². The van der Waals surface area contributed by atoms with Crippen LogP contribution in [-0.4, -0.2) is 81.6 Å². The van der Waals surface area contributed by atoms with E-state index < -0.39 is 47.5 Å². The fourth-order valence-electron chi connectivity index (χ4n) is 5.09. The van der Waals surface area contributed by atoms with Crippen LogP contribution in [0.3, 0.4) is 0 Å². The fourth-order valence-corrected chi connectivity index (χ4v) is 6.26. The Balaban J connectivity index is 1.46. The number of terminal acetylenes is 1. The molecule has 1 aliphatic heterocycles. The number of nitrogens with zero attached hydrogens (tertiary/aromatic N) is 1. The van der Waals surface area contributed by atoms with Gasteiger partial charge >= 0.3 is 0 Å². The second-order valence-corrected chi connectivity index (χ2v) is 13.1. The molecule has 46 heavy (non-hydrogen) atoms. The van der Waals surface area contributed by atoms with Crippen molar-refractivity contribution >= 4 is 46.2 Å². The minimum absolute atomic E-state index is 0.111. The monoisotopic (exact) mass is 644 g/mol.